The van der Waals surface area contributed by atoms with Crippen molar-refractivity contribution in [3.63, 3.8) is 0 Å². The van der Waals surface area contributed by atoms with Gasteiger partial charge in [-0.2, -0.15) is 0 Å². The van der Waals surface area contributed by atoms with Gasteiger partial charge in [-0.3, -0.25) is 4.79 Å². The van der Waals surface area contributed by atoms with Crippen molar-refractivity contribution < 1.29 is 59.9 Å². The highest BCUT2D eigenvalue weighted by atomic mass is 16.7. The van der Waals surface area contributed by atoms with E-state index in [1.54, 1.807) is 0 Å². The SMILES string of the molecule is NCC(=O)C1(O)O[C@H](CO)[C@@H](O[C@@H]2O[C@H](CO)[C@H](O)[C@H](O)[C@H]2O)[C@H](O)[C@H]1O. The number of hydrogen-bond acceptors (Lipinski definition) is 13. The van der Waals surface area contributed by atoms with Gasteiger partial charge in [0.25, 0.3) is 5.79 Å². The summed E-state index contributed by atoms with van der Waals surface area (Å²) in [7, 11) is 0. The van der Waals surface area contributed by atoms with E-state index in [-0.39, 0.29) is 0 Å². The van der Waals surface area contributed by atoms with Crippen molar-refractivity contribution in [3.8, 4) is 0 Å². The van der Waals surface area contributed by atoms with Crippen LogP contribution in [0.3, 0.4) is 0 Å². The first-order chi connectivity index (χ1) is 12.6. The van der Waals surface area contributed by atoms with E-state index < -0.39 is 86.5 Å². The summed E-state index contributed by atoms with van der Waals surface area (Å²) in [5, 5.41) is 78.6. The summed E-state index contributed by atoms with van der Waals surface area (Å²) in [6.45, 7) is -2.34. The molecule has 10 N–H and O–H groups in total. The van der Waals surface area contributed by atoms with Crippen LogP contribution >= 0.6 is 0 Å². The van der Waals surface area contributed by atoms with Gasteiger partial charge in [0.1, 0.15) is 48.8 Å². The molecule has 0 saturated carbocycles. The lowest BCUT2D eigenvalue weighted by Gasteiger charge is -2.48. The first-order valence-electron chi connectivity index (χ1n) is 8.18. The van der Waals surface area contributed by atoms with E-state index in [4.69, 9.17) is 25.1 Å². The first kappa shape index (κ1) is 22.5. The number of rotatable bonds is 6. The summed E-state index contributed by atoms with van der Waals surface area (Å²) in [6.07, 6.45) is -15.6. The van der Waals surface area contributed by atoms with Crippen molar-refractivity contribution in [2.45, 2.75) is 60.9 Å². The third-order valence-electron chi connectivity index (χ3n) is 4.66. The van der Waals surface area contributed by atoms with Crippen LogP contribution in [-0.4, -0.2) is 127 Å². The first-order valence-corrected chi connectivity index (χ1v) is 8.18. The van der Waals surface area contributed by atoms with E-state index in [0.29, 0.717) is 0 Å². The molecule has 0 aromatic rings. The zero-order chi connectivity index (χ0) is 20.5. The zero-order valence-electron chi connectivity index (χ0n) is 14.1. The Balaban J connectivity index is 2.21. The second kappa shape index (κ2) is 8.69. The van der Waals surface area contributed by atoms with Crippen molar-refractivity contribution in [3.05, 3.63) is 0 Å². The average molecular weight is 399 g/mol. The molecule has 2 aliphatic rings. The Labute approximate surface area is 153 Å². The van der Waals surface area contributed by atoms with Crippen LogP contribution in [0.2, 0.25) is 0 Å². The molecule has 158 valence electrons. The third-order valence-corrected chi connectivity index (χ3v) is 4.66. The van der Waals surface area contributed by atoms with E-state index in [0.717, 1.165) is 0 Å². The fraction of sp³-hybridized carbons (Fsp3) is 0.929. The van der Waals surface area contributed by atoms with Crippen LogP contribution in [0.15, 0.2) is 0 Å². The molecule has 1 unspecified atom stereocenters. The molecular weight excluding hydrogens is 374 g/mol. The normalized spacial score (nSPS) is 48.4. The third kappa shape index (κ3) is 4.00. The van der Waals surface area contributed by atoms with Crippen LogP contribution < -0.4 is 5.73 Å². The van der Waals surface area contributed by atoms with E-state index in [9.17, 15) is 40.5 Å². The number of aliphatic hydroxyl groups is 8. The fourth-order valence-electron chi connectivity index (χ4n) is 3.02. The Morgan fingerprint density at radius 3 is 2.07 bits per heavy atom. The molecule has 0 aliphatic carbocycles. The fourth-order valence-corrected chi connectivity index (χ4v) is 3.02. The highest BCUT2D eigenvalue weighted by molar-refractivity contribution is 5.88. The largest absolute Gasteiger partial charge is 0.394 e. The summed E-state index contributed by atoms with van der Waals surface area (Å²) >= 11 is 0. The van der Waals surface area contributed by atoms with Gasteiger partial charge in [0.05, 0.1) is 19.8 Å². The molecular formula is C14H25NO12. The summed E-state index contributed by atoms with van der Waals surface area (Å²) in [5.41, 5.74) is 5.14. The van der Waals surface area contributed by atoms with Crippen molar-refractivity contribution >= 4 is 5.78 Å². The Hall–Kier alpha value is -0.810. The molecule has 2 rings (SSSR count). The monoisotopic (exact) mass is 399 g/mol. The topological polar surface area (TPSA) is 233 Å². The molecule has 2 aliphatic heterocycles. The Bertz CT molecular complexity index is 518. The maximum absolute atomic E-state index is 11.8. The van der Waals surface area contributed by atoms with Crippen LogP contribution in [-0.2, 0) is 19.0 Å². The van der Waals surface area contributed by atoms with E-state index in [1.165, 1.54) is 0 Å². The van der Waals surface area contributed by atoms with Crippen LogP contribution in [0.1, 0.15) is 0 Å². The summed E-state index contributed by atoms with van der Waals surface area (Å²) in [4.78, 5) is 11.8. The lowest BCUT2D eigenvalue weighted by molar-refractivity contribution is -0.372. The molecule has 2 saturated heterocycles. The molecule has 13 heteroatoms. The Morgan fingerprint density at radius 2 is 1.56 bits per heavy atom. The summed E-state index contributed by atoms with van der Waals surface area (Å²) in [6, 6.07) is 0. The predicted molar refractivity (Wildman–Crippen MR) is 81.6 cm³/mol. The average Bonchev–Trinajstić information content (AvgIpc) is 2.67. The highest BCUT2D eigenvalue weighted by Gasteiger charge is 2.58. The van der Waals surface area contributed by atoms with Gasteiger partial charge in [-0.1, -0.05) is 0 Å². The molecule has 0 aromatic heterocycles. The quantitative estimate of drug-likeness (QED) is 0.202. The van der Waals surface area contributed by atoms with Gasteiger partial charge in [-0.25, -0.2) is 0 Å². The minimum atomic E-state index is -2.89. The Morgan fingerprint density at radius 1 is 0.963 bits per heavy atom. The molecule has 27 heavy (non-hydrogen) atoms. The lowest BCUT2D eigenvalue weighted by Crippen LogP contribution is -2.70. The molecule has 0 bridgehead atoms. The van der Waals surface area contributed by atoms with Gasteiger partial charge < -0.3 is 60.8 Å². The van der Waals surface area contributed by atoms with Gasteiger partial charge >= 0.3 is 0 Å². The van der Waals surface area contributed by atoms with Crippen LogP contribution in [0.25, 0.3) is 0 Å². The highest BCUT2D eigenvalue weighted by Crippen LogP contribution is 2.33. The van der Waals surface area contributed by atoms with Crippen LogP contribution in [0.4, 0.5) is 0 Å². The van der Waals surface area contributed by atoms with Gasteiger partial charge in [-0.05, 0) is 0 Å². The summed E-state index contributed by atoms with van der Waals surface area (Å²) in [5.74, 6) is -4.05. The van der Waals surface area contributed by atoms with Crippen molar-refractivity contribution in [2.24, 2.45) is 5.73 Å². The van der Waals surface area contributed by atoms with Crippen molar-refractivity contribution in [1.29, 1.82) is 0 Å². The number of ether oxygens (including phenoxy) is 3. The Kier molecular flexibility index (Phi) is 7.23. The molecule has 2 heterocycles. The zero-order valence-corrected chi connectivity index (χ0v) is 14.1. The minimum absolute atomic E-state index is 0.726. The van der Waals surface area contributed by atoms with Gasteiger partial charge in [0.15, 0.2) is 6.29 Å². The van der Waals surface area contributed by atoms with Gasteiger partial charge in [0.2, 0.25) is 5.78 Å². The van der Waals surface area contributed by atoms with Crippen molar-refractivity contribution in [1.82, 2.24) is 0 Å². The van der Waals surface area contributed by atoms with Gasteiger partial charge in [-0.15, -0.1) is 0 Å². The number of ketones is 1. The van der Waals surface area contributed by atoms with Gasteiger partial charge in [0, 0.05) is 0 Å². The molecule has 2 fully saturated rings. The molecule has 0 aromatic carbocycles. The summed E-state index contributed by atoms with van der Waals surface area (Å²) < 4.78 is 15.4. The number of carbonyl (C=O) groups is 1. The van der Waals surface area contributed by atoms with Crippen LogP contribution in [0.5, 0.6) is 0 Å². The number of aliphatic hydroxyl groups excluding tert-OH is 7. The molecule has 0 spiro atoms. The van der Waals surface area contributed by atoms with Crippen molar-refractivity contribution in [2.75, 3.05) is 19.8 Å². The predicted octanol–water partition coefficient (Wildman–Crippen LogP) is -6.50. The molecule has 10 atom stereocenters. The smallest absolute Gasteiger partial charge is 0.257 e. The number of nitrogens with two attached hydrogens (primary N) is 1. The van der Waals surface area contributed by atoms with E-state index in [2.05, 4.69) is 0 Å². The lowest BCUT2D eigenvalue weighted by atomic mass is 9.89. The molecule has 0 radical (unpaired) electrons. The molecule has 0 amide bonds. The second-order valence-electron chi connectivity index (χ2n) is 6.40. The standard InChI is InChI=1S/C14H25NO12/c15-1-6(18)14(24)12(23)10(22)11(5(3-17)27-14)26-13-9(21)8(20)7(19)4(2-16)25-13/h4-5,7-13,16-17,19-24H,1-3,15H2/t4-,5-,7+,8+,9-,10+,11-,12-,13+,14?/m1/s1. The van der Waals surface area contributed by atoms with E-state index >= 15 is 0 Å². The number of hydrogen-bond donors (Lipinski definition) is 9. The number of Topliss-reactive ketones (excluding diaryl/α,β-unsaturated/α-hetero) is 1. The number of carbonyl (C=O) groups excluding carboxylic acids is 1. The van der Waals surface area contributed by atoms with Crippen LogP contribution in [0, 0.1) is 0 Å². The molecule has 13 nitrogen and oxygen atoms in total. The maximum Gasteiger partial charge on any atom is 0.257 e. The second-order valence-corrected chi connectivity index (χ2v) is 6.40. The minimum Gasteiger partial charge on any atom is -0.394 e. The maximum atomic E-state index is 11.8. The van der Waals surface area contributed by atoms with E-state index in [1.807, 2.05) is 0 Å².